The smallest absolute Gasteiger partial charge is 0.254 e. The van der Waals surface area contributed by atoms with Gasteiger partial charge in [0.2, 0.25) is 0 Å². The molecule has 1 amide bonds. The fourth-order valence-electron chi connectivity index (χ4n) is 4.74. The van der Waals surface area contributed by atoms with E-state index in [-0.39, 0.29) is 17.6 Å². The summed E-state index contributed by atoms with van der Waals surface area (Å²) < 4.78 is 2.28. The molecule has 0 bridgehead atoms. The van der Waals surface area contributed by atoms with Crippen LogP contribution in [0.1, 0.15) is 38.3 Å². The highest BCUT2D eigenvalue weighted by atomic mass is 16.2. The maximum absolute atomic E-state index is 13.3. The van der Waals surface area contributed by atoms with Crippen molar-refractivity contribution in [1.29, 1.82) is 10.8 Å². The molecule has 4 aromatic rings. The highest BCUT2D eigenvalue weighted by molar-refractivity contribution is 5.98. The number of fused-ring (bicyclic) bond motifs is 3. The highest BCUT2D eigenvalue weighted by Gasteiger charge is 2.27. The number of aromatic nitrogens is 1. The van der Waals surface area contributed by atoms with Crippen LogP contribution in [-0.4, -0.2) is 33.6 Å². The van der Waals surface area contributed by atoms with Gasteiger partial charge in [-0.1, -0.05) is 48.5 Å². The minimum atomic E-state index is -0.0314. The van der Waals surface area contributed by atoms with Crippen LogP contribution in [0.25, 0.3) is 10.9 Å². The second-order valence-electron chi connectivity index (χ2n) is 8.61. The Morgan fingerprint density at radius 1 is 0.853 bits per heavy atom. The van der Waals surface area contributed by atoms with Gasteiger partial charge in [0.1, 0.15) is 11.7 Å². The fourth-order valence-corrected chi connectivity index (χ4v) is 4.74. The molecule has 34 heavy (non-hydrogen) atoms. The second-order valence-corrected chi connectivity index (χ2v) is 8.61. The van der Waals surface area contributed by atoms with E-state index in [0.29, 0.717) is 36.3 Å². The third-order valence-corrected chi connectivity index (χ3v) is 6.48. The summed E-state index contributed by atoms with van der Waals surface area (Å²) in [5.41, 5.74) is 17.8. The topological polar surface area (TPSA) is 125 Å². The van der Waals surface area contributed by atoms with E-state index in [4.69, 9.17) is 22.3 Å². The lowest BCUT2D eigenvalue weighted by molar-refractivity contribution is 0.0731. The third kappa shape index (κ3) is 3.81. The highest BCUT2D eigenvalue weighted by Crippen LogP contribution is 2.32. The molecule has 1 aromatic heterocycles. The van der Waals surface area contributed by atoms with Crippen molar-refractivity contribution in [3.05, 3.63) is 106 Å². The second kappa shape index (κ2) is 8.51. The molecular weight excluding hydrogens is 424 g/mol. The maximum atomic E-state index is 13.3. The standard InChI is InChI=1S/C27H26N6O/c28-25(29)18-8-10-19(11-9-18)27(34)32-13-12-22-21-6-1-2-7-23(21)33(24(22)16-32)15-17-4-3-5-20(14-17)26(30)31/h1-11,14H,12-13,15-16H2,(H3,28,29)(H3,30,31). The molecule has 1 aliphatic heterocycles. The summed E-state index contributed by atoms with van der Waals surface area (Å²) >= 11 is 0. The van der Waals surface area contributed by atoms with E-state index < -0.39 is 0 Å². The zero-order chi connectivity index (χ0) is 23.8. The number of hydrogen-bond donors (Lipinski definition) is 4. The van der Waals surface area contributed by atoms with Gasteiger partial charge in [0.05, 0.1) is 6.54 Å². The number of amidine groups is 2. The third-order valence-electron chi connectivity index (χ3n) is 6.48. The van der Waals surface area contributed by atoms with Crippen LogP contribution in [0.3, 0.4) is 0 Å². The minimum Gasteiger partial charge on any atom is -0.384 e. The van der Waals surface area contributed by atoms with Crippen LogP contribution >= 0.6 is 0 Å². The number of carbonyl (C=O) groups excluding carboxylic acids is 1. The van der Waals surface area contributed by atoms with Gasteiger partial charge in [-0.05, 0) is 41.8 Å². The van der Waals surface area contributed by atoms with Gasteiger partial charge in [0.25, 0.3) is 5.91 Å². The van der Waals surface area contributed by atoms with E-state index >= 15 is 0 Å². The lowest BCUT2D eigenvalue weighted by Gasteiger charge is -2.29. The number of hydrogen-bond acceptors (Lipinski definition) is 3. The molecule has 170 valence electrons. The Morgan fingerprint density at radius 2 is 1.56 bits per heavy atom. The Balaban J connectivity index is 1.50. The van der Waals surface area contributed by atoms with Gasteiger partial charge in [0.15, 0.2) is 0 Å². The summed E-state index contributed by atoms with van der Waals surface area (Å²) in [6.45, 7) is 1.80. The van der Waals surface area contributed by atoms with Crippen LogP contribution in [0.2, 0.25) is 0 Å². The molecule has 7 nitrogen and oxygen atoms in total. The zero-order valence-corrected chi connectivity index (χ0v) is 18.7. The van der Waals surface area contributed by atoms with Crippen molar-refractivity contribution in [2.24, 2.45) is 11.5 Å². The predicted molar refractivity (Wildman–Crippen MR) is 134 cm³/mol. The van der Waals surface area contributed by atoms with Gasteiger partial charge >= 0.3 is 0 Å². The molecule has 1 aliphatic rings. The number of nitrogen functional groups attached to an aromatic ring is 2. The van der Waals surface area contributed by atoms with Crippen molar-refractivity contribution < 1.29 is 4.79 Å². The molecule has 3 aromatic carbocycles. The van der Waals surface area contributed by atoms with Gasteiger partial charge in [-0.3, -0.25) is 15.6 Å². The Morgan fingerprint density at radius 3 is 2.29 bits per heavy atom. The molecule has 2 heterocycles. The van der Waals surface area contributed by atoms with Crippen molar-refractivity contribution in [3.63, 3.8) is 0 Å². The summed E-state index contributed by atoms with van der Waals surface area (Å²) in [4.78, 5) is 15.2. The molecule has 0 saturated heterocycles. The maximum Gasteiger partial charge on any atom is 0.254 e. The summed E-state index contributed by atoms with van der Waals surface area (Å²) in [7, 11) is 0. The molecule has 0 unspecified atom stereocenters. The van der Waals surface area contributed by atoms with Gasteiger partial charge in [-0.15, -0.1) is 0 Å². The lowest BCUT2D eigenvalue weighted by atomic mass is 10.0. The van der Waals surface area contributed by atoms with E-state index in [9.17, 15) is 4.79 Å². The zero-order valence-electron chi connectivity index (χ0n) is 18.7. The van der Waals surface area contributed by atoms with Crippen molar-refractivity contribution >= 4 is 28.5 Å². The molecule has 0 spiro atoms. The number of carbonyl (C=O) groups is 1. The first-order valence-corrected chi connectivity index (χ1v) is 11.2. The van der Waals surface area contributed by atoms with Gasteiger partial charge < -0.3 is 20.9 Å². The fraction of sp³-hybridized carbons (Fsp3) is 0.148. The average Bonchev–Trinajstić information content (AvgIpc) is 3.16. The minimum absolute atomic E-state index is 0.0139. The summed E-state index contributed by atoms with van der Waals surface area (Å²) in [6, 6.07) is 23.0. The molecule has 7 heteroatoms. The molecule has 0 fully saturated rings. The molecule has 0 saturated carbocycles. The van der Waals surface area contributed by atoms with Crippen molar-refractivity contribution in [1.82, 2.24) is 9.47 Å². The van der Waals surface area contributed by atoms with E-state index in [2.05, 4.69) is 22.8 Å². The molecular formula is C27H26N6O. The van der Waals surface area contributed by atoms with Crippen LogP contribution in [-0.2, 0) is 19.5 Å². The van der Waals surface area contributed by atoms with E-state index in [0.717, 1.165) is 23.2 Å². The van der Waals surface area contributed by atoms with Crippen molar-refractivity contribution in [2.75, 3.05) is 6.54 Å². The van der Waals surface area contributed by atoms with Crippen LogP contribution in [0, 0.1) is 10.8 Å². The molecule has 0 radical (unpaired) electrons. The van der Waals surface area contributed by atoms with Crippen molar-refractivity contribution in [2.45, 2.75) is 19.5 Å². The van der Waals surface area contributed by atoms with Crippen LogP contribution in [0.5, 0.6) is 0 Å². The number of nitrogens with zero attached hydrogens (tertiary/aromatic N) is 2. The van der Waals surface area contributed by atoms with Gasteiger partial charge in [-0.2, -0.15) is 0 Å². The number of benzene rings is 3. The molecule has 5 rings (SSSR count). The summed E-state index contributed by atoms with van der Waals surface area (Å²) in [6.07, 6.45) is 0.785. The summed E-state index contributed by atoms with van der Waals surface area (Å²) in [5.74, 6) is 0.00455. The largest absolute Gasteiger partial charge is 0.384 e. The lowest BCUT2D eigenvalue weighted by Crippen LogP contribution is -2.36. The summed E-state index contributed by atoms with van der Waals surface area (Å²) in [5, 5.41) is 16.5. The Kier molecular flexibility index (Phi) is 5.37. The van der Waals surface area contributed by atoms with Gasteiger partial charge in [0, 0.05) is 46.4 Å². The number of amides is 1. The Bertz CT molecular complexity index is 1430. The molecule has 0 atom stereocenters. The Labute approximate surface area is 197 Å². The number of nitrogens with one attached hydrogen (secondary N) is 2. The number of rotatable bonds is 5. The first-order chi connectivity index (χ1) is 16.4. The van der Waals surface area contributed by atoms with E-state index in [1.807, 2.05) is 35.2 Å². The first-order valence-electron chi connectivity index (χ1n) is 11.2. The SMILES string of the molecule is N=C(N)c1ccc(C(=O)N2CCc3c(n(Cc4cccc(C(=N)N)c4)c4ccccc34)C2)cc1. The number of nitrogens with two attached hydrogens (primary N) is 2. The van der Waals surface area contributed by atoms with E-state index in [1.54, 1.807) is 24.3 Å². The number of para-hydroxylation sites is 1. The normalized spacial score (nSPS) is 13.0. The predicted octanol–water partition coefficient (Wildman–Crippen LogP) is 3.46. The first kappa shape index (κ1) is 21.5. The van der Waals surface area contributed by atoms with Crippen LogP contribution in [0.4, 0.5) is 0 Å². The molecule has 6 N–H and O–H groups in total. The van der Waals surface area contributed by atoms with Gasteiger partial charge in [-0.25, -0.2) is 0 Å². The Hall–Kier alpha value is -4.39. The average molecular weight is 451 g/mol. The van der Waals surface area contributed by atoms with E-state index in [1.165, 1.54) is 10.9 Å². The van der Waals surface area contributed by atoms with Crippen molar-refractivity contribution in [3.8, 4) is 0 Å². The monoisotopic (exact) mass is 450 g/mol. The quantitative estimate of drug-likeness (QED) is 0.275. The van der Waals surface area contributed by atoms with Crippen LogP contribution < -0.4 is 11.5 Å². The molecule has 0 aliphatic carbocycles. The van der Waals surface area contributed by atoms with Crippen LogP contribution in [0.15, 0.2) is 72.8 Å².